The zero-order valence-electron chi connectivity index (χ0n) is 63.5. The van der Waals surface area contributed by atoms with Crippen LogP contribution in [0.2, 0.25) is 0 Å². The second kappa shape index (κ2) is 34.7. The van der Waals surface area contributed by atoms with Crippen molar-refractivity contribution in [3.8, 4) is 0 Å². The van der Waals surface area contributed by atoms with Gasteiger partial charge in [0.15, 0.2) is 23.5 Å². The maximum Gasteiger partial charge on any atom is 0.274 e. The van der Waals surface area contributed by atoms with Gasteiger partial charge in [-0.3, -0.25) is 61.1 Å². The molecule has 2 amide bonds. The number of fused-ring (bicyclic) bond motifs is 19. The van der Waals surface area contributed by atoms with E-state index in [0.29, 0.717) is 102 Å². The van der Waals surface area contributed by atoms with Gasteiger partial charge < -0.3 is 38.7 Å². The number of benzene rings is 7. The van der Waals surface area contributed by atoms with Crippen molar-refractivity contribution in [3.05, 3.63) is 236 Å². The number of aromatic amines is 1. The van der Waals surface area contributed by atoms with Crippen LogP contribution in [0.5, 0.6) is 0 Å². The van der Waals surface area contributed by atoms with Crippen molar-refractivity contribution in [1.82, 2.24) is 63.4 Å². The minimum atomic E-state index is -0.406. The van der Waals surface area contributed by atoms with Crippen LogP contribution < -0.4 is 26.5 Å². The van der Waals surface area contributed by atoms with E-state index in [1.54, 1.807) is 89.3 Å². The molecule has 0 spiro atoms. The third kappa shape index (κ3) is 15.1. The van der Waals surface area contributed by atoms with Crippen LogP contribution in [-0.4, -0.2) is 129 Å². The molecule has 17 aromatic rings. The molecule has 0 saturated carbocycles. The van der Waals surface area contributed by atoms with Crippen LogP contribution in [0.1, 0.15) is 105 Å². The van der Waals surface area contributed by atoms with Crippen molar-refractivity contribution in [3.63, 3.8) is 0 Å². The van der Waals surface area contributed by atoms with E-state index in [0.717, 1.165) is 132 Å². The van der Waals surface area contributed by atoms with Crippen molar-refractivity contribution < 1.29 is 46.3 Å². The number of aromatic nitrogens is 12. The number of H-pyrrole nitrogens is 1. The molecular weight excluding hydrogens is 1480 g/mol. The van der Waals surface area contributed by atoms with Crippen molar-refractivity contribution in [2.45, 2.75) is 85.6 Å². The number of carbonyl (C=O) groups excluding carboxylic acids is 5. The predicted molar refractivity (Wildman–Crippen MR) is 443 cm³/mol. The van der Waals surface area contributed by atoms with E-state index in [9.17, 15) is 56.3 Å². The third-order valence-electron chi connectivity index (χ3n) is 20.4. The molecule has 0 unspecified atom stereocenters. The van der Waals surface area contributed by atoms with Crippen LogP contribution >= 0.6 is 11.6 Å². The molecule has 10 aromatic heterocycles. The number of halogens is 5. The number of carbonyl (C=O) groups is 5. The normalized spacial score (nSPS) is 11.4. The highest BCUT2D eigenvalue weighted by molar-refractivity contribution is 6.23. The van der Waals surface area contributed by atoms with Gasteiger partial charge in [-0.15, -0.1) is 11.6 Å². The van der Waals surface area contributed by atoms with Gasteiger partial charge in [0.25, 0.3) is 22.9 Å². The maximum atomic E-state index is 12.7. The highest BCUT2D eigenvalue weighted by Crippen LogP contribution is 2.38. The number of nitrogens with one attached hydrogen (secondary N) is 3. The molecule has 27 heteroatoms. The summed E-state index contributed by atoms with van der Waals surface area (Å²) >= 11 is 5.87. The summed E-state index contributed by atoms with van der Waals surface area (Å²) in [6.45, 7) is 5.96. The smallest absolute Gasteiger partial charge is 0.274 e. The van der Waals surface area contributed by atoms with E-state index in [-0.39, 0.29) is 53.6 Å². The first-order valence-electron chi connectivity index (χ1n) is 37.3. The van der Waals surface area contributed by atoms with Crippen molar-refractivity contribution >= 4 is 172 Å². The molecule has 17 rings (SSSR count). The second-order valence-corrected chi connectivity index (χ2v) is 27.7. The van der Waals surface area contributed by atoms with Gasteiger partial charge in [0.1, 0.15) is 5.52 Å². The predicted octanol–water partition coefficient (Wildman–Crippen LogP) is 16.3. The number of rotatable bonds is 20. The zero-order valence-corrected chi connectivity index (χ0v) is 64.3. The summed E-state index contributed by atoms with van der Waals surface area (Å²) in [5, 5.41) is 36.7. The fraction of sp³-hybridized carbons (Fsp3) is 0.241. The van der Waals surface area contributed by atoms with Crippen molar-refractivity contribution in [2.75, 3.05) is 46.7 Å². The van der Waals surface area contributed by atoms with Gasteiger partial charge in [0, 0.05) is 171 Å². The van der Waals surface area contributed by atoms with E-state index in [2.05, 4.69) is 49.6 Å². The number of amides is 2. The molecule has 0 aliphatic heterocycles. The molecule has 0 aliphatic rings. The molecule has 0 atom stereocenters. The van der Waals surface area contributed by atoms with E-state index < -0.39 is 13.3 Å². The van der Waals surface area contributed by atoms with E-state index >= 15 is 0 Å². The van der Waals surface area contributed by atoms with Crippen LogP contribution in [-0.2, 0) is 39.8 Å². The highest BCUT2D eigenvalue weighted by atomic mass is 35.5. The van der Waals surface area contributed by atoms with Gasteiger partial charge in [-0.05, 0) is 186 Å². The third-order valence-corrected chi connectivity index (χ3v) is 20.7. The number of pyridine rings is 3. The lowest BCUT2D eigenvalue weighted by molar-refractivity contribution is -0.576. The number of nitrogens with zero attached hydrogens (tertiary/aromatic N) is 11. The van der Waals surface area contributed by atoms with Crippen LogP contribution in [0, 0.1) is 5.21 Å². The molecule has 0 fully saturated rings. The van der Waals surface area contributed by atoms with Crippen molar-refractivity contribution in [2.24, 2.45) is 7.05 Å². The molecular formula is C87H81ClF4N14O8. The quantitative estimate of drug-likeness (QED) is 0.0211. The average Bonchev–Trinajstić information content (AvgIpc) is 1.59. The Bertz CT molecular complexity index is 6580. The Labute approximate surface area is 653 Å². The largest absolute Gasteiger partial charge is 0.618 e. The lowest BCUT2D eigenvalue weighted by Crippen LogP contribution is -2.25. The topological polar surface area (TPSA) is 267 Å². The van der Waals surface area contributed by atoms with Crippen LogP contribution in [0.25, 0.3) is 131 Å². The Morgan fingerprint density at radius 2 is 0.842 bits per heavy atom. The first-order chi connectivity index (χ1) is 55.3. The number of alkyl halides is 5. The summed E-state index contributed by atoms with van der Waals surface area (Å²) < 4.78 is 62.8. The molecule has 582 valence electrons. The summed E-state index contributed by atoms with van der Waals surface area (Å²) in [6.07, 6.45) is 10.7. The lowest BCUT2D eigenvalue weighted by Gasteiger charge is -2.06. The number of ketones is 3. The minimum Gasteiger partial charge on any atom is -0.618 e. The summed E-state index contributed by atoms with van der Waals surface area (Å²) in [7, 11) is 4.84. The molecule has 114 heavy (non-hydrogen) atoms. The summed E-state index contributed by atoms with van der Waals surface area (Å²) in [6, 6.07) is 46.2. The second-order valence-electron chi connectivity index (χ2n) is 27.3. The first kappa shape index (κ1) is 79.1. The Kier molecular flexibility index (Phi) is 24.1. The number of aryl methyl sites for hydroxylation is 6. The van der Waals surface area contributed by atoms with E-state index in [1.807, 2.05) is 124 Å². The average molecular weight is 1560 g/mol. The minimum absolute atomic E-state index is 0.0102. The summed E-state index contributed by atoms with van der Waals surface area (Å²) in [4.78, 5) is 92.8. The molecule has 0 aliphatic carbocycles. The zero-order chi connectivity index (χ0) is 80.6. The van der Waals surface area contributed by atoms with Gasteiger partial charge >= 0.3 is 0 Å². The first-order valence-corrected chi connectivity index (χ1v) is 37.8. The Balaban J connectivity index is 0.000000124. The maximum absolute atomic E-state index is 12.7. The van der Waals surface area contributed by atoms with Crippen LogP contribution in [0.4, 0.5) is 17.6 Å². The van der Waals surface area contributed by atoms with Crippen molar-refractivity contribution in [1.29, 1.82) is 0 Å². The van der Waals surface area contributed by atoms with Crippen LogP contribution in [0.3, 0.4) is 0 Å². The molecule has 10 heterocycles. The van der Waals surface area contributed by atoms with Gasteiger partial charge in [0.2, 0.25) is 5.52 Å². The van der Waals surface area contributed by atoms with Gasteiger partial charge in [0.05, 0.1) is 93.9 Å². The number of hydrogen-bond donors (Lipinski definition) is 3. The molecule has 3 N–H and O–H groups in total. The van der Waals surface area contributed by atoms with Crippen LogP contribution in [0.15, 0.2) is 192 Å². The Morgan fingerprint density at radius 1 is 0.447 bits per heavy atom. The fourth-order valence-electron chi connectivity index (χ4n) is 15.2. The highest BCUT2D eigenvalue weighted by Gasteiger charge is 2.24. The Hall–Kier alpha value is -13.0. The summed E-state index contributed by atoms with van der Waals surface area (Å²) in [5.41, 5.74) is 13.9. The number of Topliss-reactive ketones (excluding diaryl/α,β-unsaturated/α-hetero) is 3. The molecule has 7 aromatic carbocycles. The monoisotopic (exact) mass is 1560 g/mol. The lowest BCUT2D eigenvalue weighted by atomic mass is 10.0. The molecule has 22 nitrogen and oxygen atoms in total. The molecule has 0 saturated heterocycles. The standard InChI is InChI=1S/C19H19ClN2O2.C19H19FN2O2.C17H15FN4O.C16H13FN4O.C16H15FN2O2/c2*1-12(23)13-7-8-16-15(11-13)18-14(19(24)21-2)5-3-6-17(18)22(16)10-4-9-20;1-21-17(23)11-5-6-13-15(12(11)10-20-21)16-14(4-2-8-19-16)22(13)9-3-7-18;17-6-2-8-21-12-5-4-10-11(9-19-20-16(10)22)14(12)15-13(21)3-1-7-18-15;1-11(20)12-5-6-14-13(10-12)16-15(4-2-9-19(16)21)18(14)8-3-7-17/h2*3,5-8,11H,4,9-10H2,1-2H3,(H,21,24);2,4-6,8,10H,3,7,9H2,1H3;1,3-5,7,9H,2,6,8H2,(H,20,22);2,4-6,9-10H,3,7-8H2,1H3. The SMILES string of the molecule is CC(=O)c1ccc2c(c1)c1c(ccc[n+]1[O-])n2CCCF.CNC(=O)c1cccc2c1c1cc(C(C)=O)ccc1n2CCCCl.CNC(=O)c1cccc2c1c1cc(C(C)=O)ccc1n2CCCF.Cn1ncc2c(ccc3c2c2ncccc2n3CCCF)c1=O.O=c1[nH]ncc2c1ccc1c2c2ncccc2n1CCCF. The Morgan fingerprint density at radius 3 is 1.30 bits per heavy atom. The van der Waals surface area contributed by atoms with E-state index in [1.165, 1.54) is 24.7 Å². The van der Waals surface area contributed by atoms with Gasteiger partial charge in [-0.1, -0.05) is 12.1 Å². The van der Waals surface area contributed by atoms with Gasteiger partial charge in [-0.25, -0.2) is 9.78 Å². The summed E-state index contributed by atoms with van der Waals surface area (Å²) in [5.74, 6) is 0.190. The van der Waals surface area contributed by atoms with E-state index in [4.69, 9.17) is 11.6 Å². The molecule has 0 bridgehead atoms. The number of hydrogen-bond acceptors (Lipinski definition) is 12. The molecule has 0 radical (unpaired) electrons. The van der Waals surface area contributed by atoms with Gasteiger partial charge in [-0.2, -0.15) is 14.9 Å². The fourth-order valence-corrected chi connectivity index (χ4v) is 15.3.